The van der Waals surface area contributed by atoms with Gasteiger partial charge in [-0.25, -0.2) is 0 Å². The van der Waals surface area contributed by atoms with Crippen LogP contribution in [0.15, 0.2) is 97.1 Å². The molecule has 0 spiro atoms. The summed E-state index contributed by atoms with van der Waals surface area (Å²) in [5.41, 5.74) is 8.50. The average Bonchev–Trinajstić information content (AvgIpc) is 2.81. The second-order valence-electron chi connectivity index (χ2n) is 8.32. The monoisotopic (exact) mass is 423 g/mol. The van der Waals surface area contributed by atoms with Crippen molar-refractivity contribution in [3.63, 3.8) is 0 Å². The third-order valence-electron chi connectivity index (χ3n) is 6.11. The molecule has 0 N–H and O–H groups in total. The van der Waals surface area contributed by atoms with Crippen molar-refractivity contribution in [3.05, 3.63) is 108 Å². The zero-order valence-electron chi connectivity index (χ0n) is 18.0. The molecule has 0 bridgehead atoms. The number of anilines is 3. The minimum atomic E-state index is -0.121. The molecular formula is C28H25NOS. The highest BCUT2D eigenvalue weighted by atomic mass is 32.2. The predicted molar refractivity (Wildman–Crippen MR) is 133 cm³/mol. The van der Waals surface area contributed by atoms with Crippen LogP contribution in [0.5, 0.6) is 5.75 Å². The molecule has 2 nitrogen and oxygen atoms in total. The maximum Gasteiger partial charge on any atom is 0.137 e. The van der Waals surface area contributed by atoms with Gasteiger partial charge < -0.3 is 9.08 Å². The fourth-order valence-electron chi connectivity index (χ4n) is 4.54. The van der Waals surface area contributed by atoms with E-state index < -0.39 is 0 Å². The largest absolute Gasteiger partial charge is 0.426 e. The van der Waals surface area contributed by atoms with Crippen LogP contribution in [-0.4, -0.2) is 6.26 Å². The summed E-state index contributed by atoms with van der Waals surface area (Å²) in [5, 5.41) is 0. The minimum Gasteiger partial charge on any atom is -0.426 e. The van der Waals surface area contributed by atoms with Crippen molar-refractivity contribution >= 4 is 29.1 Å². The van der Waals surface area contributed by atoms with Crippen molar-refractivity contribution in [1.29, 1.82) is 0 Å². The van der Waals surface area contributed by atoms with Crippen molar-refractivity contribution < 1.29 is 4.18 Å². The lowest BCUT2D eigenvalue weighted by Gasteiger charge is -2.42. The van der Waals surface area contributed by atoms with Crippen LogP contribution >= 0.6 is 12.0 Å². The highest BCUT2D eigenvalue weighted by molar-refractivity contribution is 7.94. The molecule has 0 aromatic heterocycles. The highest BCUT2D eigenvalue weighted by Crippen LogP contribution is 2.52. The van der Waals surface area contributed by atoms with Gasteiger partial charge in [-0.2, -0.15) is 0 Å². The summed E-state index contributed by atoms with van der Waals surface area (Å²) in [6.45, 7) is 4.59. The Labute approximate surface area is 188 Å². The van der Waals surface area contributed by atoms with E-state index in [4.69, 9.17) is 4.18 Å². The van der Waals surface area contributed by atoms with Crippen molar-refractivity contribution in [3.8, 4) is 16.9 Å². The molecule has 0 aliphatic carbocycles. The van der Waals surface area contributed by atoms with Crippen molar-refractivity contribution in [2.75, 3.05) is 11.2 Å². The lowest BCUT2D eigenvalue weighted by Crippen LogP contribution is -2.30. The Hall–Kier alpha value is -3.17. The van der Waals surface area contributed by atoms with Gasteiger partial charge in [0, 0.05) is 17.4 Å². The highest BCUT2D eigenvalue weighted by Gasteiger charge is 2.37. The van der Waals surface area contributed by atoms with Crippen molar-refractivity contribution in [1.82, 2.24) is 0 Å². The van der Waals surface area contributed by atoms with Crippen LogP contribution in [-0.2, 0) is 5.41 Å². The lowest BCUT2D eigenvalue weighted by molar-refractivity contribution is 0.612. The smallest absolute Gasteiger partial charge is 0.137 e. The van der Waals surface area contributed by atoms with Gasteiger partial charge in [0.1, 0.15) is 5.75 Å². The molecule has 1 aliphatic rings. The number of hydrogen-bond acceptors (Lipinski definition) is 3. The van der Waals surface area contributed by atoms with Crippen LogP contribution in [0, 0.1) is 0 Å². The first kappa shape index (κ1) is 19.8. The van der Waals surface area contributed by atoms with Gasteiger partial charge in [0.25, 0.3) is 0 Å². The van der Waals surface area contributed by atoms with Crippen LogP contribution in [0.1, 0.15) is 25.0 Å². The number of benzene rings is 4. The topological polar surface area (TPSA) is 12.5 Å². The Morgan fingerprint density at radius 2 is 1.32 bits per heavy atom. The van der Waals surface area contributed by atoms with E-state index in [-0.39, 0.29) is 5.41 Å². The summed E-state index contributed by atoms with van der Waals surface area (Å²) in [7, 11) is 0. The molecule has 0 atom stereocenters. The molecule has 0 unspecified atom stereocenters. The second-order valence-corrected chi connectivity index (χ2v) is 8.82. The SMILES string of the molecule is CSOc1ccc2c(c1)C(C)(C)c1ccccc1N2c1ccc(-c2ccccc2)cc1. The van der Waals surface area contributed by atoms with Crippen LogP contribution in [0.3, 0.4) is 0 Å². The van der Waals surface area contributed by atoms with E-state index in [0.717, 1.165) is 11.4 Å². The summed E-state index contributed by atoms with van der Waals surface area (Å²) in [4.78, 5) is 2.37. The molecule has 31 heavy (non-hydrogen) atoms. The van der Waals surface area contributed by atoms with Gasteiger partial charge >= 0.3 is 0 Å². The molecule has 1 heterocycles. The van der Waals surface area contributed by atoms with Crippen LogP contribution in [0.2, 0.25) is 0 Å². The average molecular weight is 424 g/mol. The minimum absolute atomic E-state index is 0.121. The molecular weight excluding hydrogens is 398 g/mol. The summed E-state index contributed by atoms with van der Waals surface area (Å²) < 4.78 is 5.76. The normalized spacial score (nSPS) is 14.0. The fraction of sp³-hybridized carbons (Fsp3) is 0.143. The summed E-state index contributed by atoms with van der Waals surface area (Å²) >= 11 is 1.37. The number of hydrogen-bond donors (Lipinski definition) is 0. The molecule has 154 valence electrons. The fourth-order valence-corrected chi connectivity index (χ4v) is 4.84. The molecule has 3 heteroatoms. The van der Waals surface area contributed by atoms with E-state index in [0.29, 0.717) is 0 Å². The molecule has 0 radical (unpaired) electrons. The van der Waals surface area contributed by atoms with Gasteiger partial charge in [0.15, 0.2) is 0 Å². The zero-order chi connectivity index (χ0) is 21.4. The van der Waals surface area contributed by atoms with E-state index in [2.05, 4.69) is 116 Å². The Morgan fingerprint density at radius 3 is 2.06 bits per heavy atom. The van der Waals surface area contributed by atoms with Crippen LogP contribution in [0.4, 0.5) is 17.1 Å². The van der Waals surface area contributed by atoms with E-state index in [9.17, 15) is 0 Å². The van der Waals surface area contributed by atoms with E-state index in [1.165, 1.54) is 45.7 Å². The zero-order valence-corrected chi connectivity index (χ0v) is 18.8. The number of para-hydroxylation sites is 1. The summed E-state index contributed by atoms with van der Waals surface area (Å²) in [5.74, 6) is 0.887. The Balaban J connectivity index is 1.66. The first-order valence-corrected chi connectivity index (χ1v) is 11.6. The summed E-state index contributed by atoms with van der Waals surface area (Å²) in [6, 6.07) is 34.5. The lowest BCUT2D eigenvalue weighted by atomic mass is 9.73. The molecule has 4 aromatic carbocycles. The van der Waals surface area contributed by atoms with Gasteiger partial charge in [0.2, 0.25) is 0 Å². The van der Waals surface area contributed by atoms with Gasteiger partial charge in [-0.3, -0.25) is 0 Å². The quantitative estimate of drug-likeness (QED) is 0.308. The van der Waals surface area contributed by atoms with Gasteiger partial charge in [-0.05, 0) is 58.7 Å². The van der Waals surface area contributed by atoms with E-state index >= 15 is 0 Å². The number of nitrogens with zero attached hydrogens (tertiary/aromatic N) is 1. The Bertz CT molecular complexity index is 1220. The summed E-state index contributed by atoms with van der Waals surface area (Å²) in [6.07, 6.45) is 1.94. The molecule has 0 saturated heterocycles. The maximum absolute atomic E-state index is 5.76. The Kier molecular flexibility index (Phi) is 4.99. The maximum atomic E-state index is 5.76. The van der Waals surface area contributed by atoms with Gasteiger partial charge in [0.05, 0.1) is 23.4 Å². The molecule has 1 aliphatic heterocycles. The van der Waals surface area contributed by atoms with E-state index in [1.54, 1.807) is 0 Å². The molecule has 0 fully saturated rings. The first-order valence-electron chi connectivity index (χ1n) is 10.5. The molecule has 5 rings (SSSR count). The van der Waals surface area contributed by atoms with Crippen LogP contribution in [0.25, 0.3) is 11.1 Å². The first-order chi connectivity index (χ1) is 15.1. The Morgan fingerprint density at radius 1 is 0.677 bits per heavy atom. The van der Waals surface area contributed by atoms with Crippen molar-refractivity contribution in [2.45, 2.75) is 19.3 Å². The third-order valence-corrected chi connectivity index (χ3v) is 6.47. The van der Waals surface area contributed by atoms with Gasteiger partial charge in [-0.15, -0.1) is 0 Å². The van der Waals surface area contributed by atoms with Crippen LogP contribution < -0.4 is 9.08 Å². The number of fused-ring (bicyclic) bond motifs is 2. The third kappa shape index (κ3) is 3.39. The van der Waals surface area contributed by atoms with E-state index in [1.807, 2.05) is 6.26 Å². The standard InChI is InChI=1S/C28H25NOS/c1-28(2)24-11-7-8-12-26(24)29(27-18-17-23(30-31-3)19-25(27)28)22-15-13-21(14-16-22)20-9-5-4-6-10-20/h4-19H,1-3H3. The molecule has 4 aromatic rings. The molecule has 0 saturated carbocycles. The molecule has 0 amide bonds. The predicted octanol–water partition coefficient (Wildman–Crippen LogP) is 8.12. The number of rotatable bonds is 4. The second kappa shape index (κ2) is 7.82. The van der Waals surface area contributed by atoms with Crippen molar-refractivity contribution in [2.24, 2.45) is 0 Å². The van der Waals surface area contributed by atoms with Gasteiger partial charge in [-0.1, -0.05) is 74.5 Å².